The van der Waals surface area contributed by atoms with Crippen molar-refractivity contribution in [1.82, 2.24) is 9.78 Å². The van der Waals surface area contributed by atoms with Crippen molar-refractivity contribution in [3.05, 3.63) is 84.7 Å². The molecule has 12 nitrogen and oxygen atoms in total. The summed E-state index contributed by atoms with van der Waals surface area (Å²) in [4.78, 5) is 58.0. The van der Waals surface area contributed by atoms with Gasteiger partial charge in [0.15, 0.2) is 0 Å². The second-order valence-electron chi connectivity index (χ2n) is 9.41. The molecule has 0 spiro atoms. The Morgan fingerprint density at radius 1 is 1.04 bits per heavy atom. The number of H-pyrrole nitrogens is 1. The van der Waals surface area contributed by atoms with Crippen LogP contribution >= 0.6 is 31.9 Å². The van der Waals surface area contributed by atoms with Crippen molar-refractivity contribution >= 4 is 55.6 Å². The van der Waals surface area contributed by atoms with Crippen LogP contribution in [0.15, 0.2) is 62.3 Å². The highest BCUT2D eigenvalue weighted by Crippen LogP contribution is 2.17. The SMILES string of the molecule is CCOC(=O)C(=O)C1CCCOC1=O.CCOC(=O)c1[nH]n(-c2cccc(Br)c2)c(=O)c1CCCO.NCc1cccc(Br)c1. The molecule has 4 rings (SSSR count). The summed E-state index contributed by atoms with van der Waals surface area (Å²) in [6.07, 6.45) is 1.69. The van der Waals surface area contributed by atoms with Crippen molar-refractivity contribution in [2.75, 3.05) is 26.4 Å². The Morgan fingerprint density at radius 2 is 1.71 bits per heavy atom. The lowest BCUT2D eigenvalue weighted by Crippen LogP contribution is -2.35. The molecule has 1 aromatic heterocycles. The number of hydrogen-bond acceptors (Lipinski definition) is 10. The molecule has 0 saturated carbocycles. The molecule has 0 amide bonds. The number of Topliss-reactive ketones (excluding diaryl/α,β-unsaturated/α-hetero) is 1. The van der Waals surface area contributed by atoms with Gasteiger partial charge in [-0.05, 0) is 75.4 Å². The maximum atomic E-state index is 12.5. The average Bonchev–Trinajstić information content (AvgIpc) is 3.36. The van der Waals surface area contributed by atoms with Gasteiger partial charge < -0.3 is 25.1 Å². The minimum absolute atomic E-state index is 0.0518. The molecule has 1 aliphatic rings. The number of nitrogens with two attached hydrogens (primary N) is 1. The van der Waals surface area contributed by atoms with Crippen LogP contribution in [0, 0.1) is 5.92 Å². The normalized spacial score (nSPS) is 13.7. The molecule has 1 aliphatic heterocycles. The number of benzene rings is 2. The van der Waals surface area contributed by atoms with Gasteiger partial charge in [0.05, 0.1) is 31.1 Å². The van der Waals surface area contributed by atoms with Crippen LogP contribution in [-0.2, 0) is 41.6 Å². The number of aromatic nitrogens is 2. The van der Waals surface area contributed by atoms with E-state index in [4.69, 9.17) is 15.6 Å². The van der Waals surface area contributed by atoms with Crippen molar-refractivity contribution in [3.8, 4) is 5.69 Å². The van der Waals surface area contributed by atoms with Crippen molar-refractivity contribution < 1.29 is 38.5 Å². The Morgan fingerprint density at radius 3 is 2.27 bits per heavy atom. The molecule has 244 valence electrons. The summed E-state index contributed by atoms with van der Waals surface area (Å²) in [7, 11) is 0. The summed E-state index contributed by atoms with van der Waals surface area (Å²) in [5.41, 5.74) is 7.32. The number of carbonyl (C=O) groups is 4. The lowest BCUT2D eigenvalue weighted by atomic mass is 9.97. The van der Waals surface area contributed by atoms with E-state index < -0.39 is 29.6 Å². The van der Waals surface area contributed by atoms with Crippen molar-refractivity contribution in [1.29, 1.82) is 0 Å². The Balaban J connectivity index is 0.000000261. The van der Waals surface area contributed by atoms with Crippen LogP contribution in [0.1, 0.15) is 54.7 Å². The van der Waals surface area contributed by atoms with Gasteiger partial charge in [0.25, 0.3) is 11.3 Å². The van der Waals surface area contributed by atoms with E-state index in [1.807, 2.05) is 30.3 Å². The fraction of sp³-hybridized carbons (Fsp3) is 0.387. The third kappa shape index (κ3) is 11.7. The zero-order valence-corrected chi connectivity index (χ0v) is 28.2. The fourth-order valence-corrected chi connectivity index (χ4v) is 4.89. The van der Waals surface area contributed by atoms with E-state index >= 15 is 0 Å². The second-order valence-corrected chi connectivity index (χ2v) is 11.2. The molecule has 3 aromatic rings. The Labute approximate surface area is 277 Å². The number of nitrogens with one attached hydrogen (secondary N) is 1. The molecule has 0 radical (unpaired) electrons. The molecular formula is C31H37Br2N3O9. The third-order valence-corrected chi connectivity index (χ3v) is 7.19. The number of esters is 3. The summed E-state index contributed by atoms with van der Waals surface area (Å²) >= 11 is 6.70. The highest BCUT2D eigenvalue weighted by Gasteiger charge is 2.35. The molecular weight excluding hydrogens is 718 g/mol. The standard InChI is InChI=1S/C15H17BrN2O4.C9H12O5.C7H8BrN/c1-2-22-15(21)13-12(7-4-8-19)14(20)18(17-13)11-6-3-5-10(16)9-11;1-2-13-9(12)7(10)6-4-3-5-14-8(6)11;8-7-3-1-2-6(4-7)5-9/h3,5-6,9,17,19H,2,4,7-8H2,1H3;6H,2-5H2,1H3;1-4H,5,9H2. The number of ketones is 1. The van der Waals surface area contributed by atoms with Crippen molar-refractivity contribution in [2.45, 2.75) is 46.1 Å². The molecule has 1 fully saturated rings. The predicted octanol–water partition coefficient (Wildman–Crippen LogP) is 4.01. The third-order valence-electron chi connectivity index (χ3n) is 6.20. The summed E-state index contributed by atoms with van der Waals surface area (Å²) in [5.74, 6) is -3.88. The van der Waals surface area contributed by atoms with Crippen LogP contribution < -0.4 is 11.3 Å². The van der Waals surface area contributed by atoms with Gasteiger partial charge >= 0.3 is 17.9 Å². The van der Waals surface area contributed by atoms with Gasteiger partial charge in [-0.15, -0.1) is 0 Å². The first-order valence-electron chi connectivity index (χ1n) is 14.3. The lowest BCUT2D eigenvalue weighted by Gasteiger charge is -2.18. The van der Waals surface area contributed by atoms with E-state index in [2.05, 4.69) is 46.4 Å². The zero-order chi connectivity index (χ0) is 33.4. The number of aliphatic hydroxyl groups excluding tert-OH is 1. The van der Waals surface area contributed by atoms with Gasteiger partial charge in [-0.25, -0.2) is 14.3 Å². The van der Waals surface area contributed by atoms with E-state index in [0.717, 1.165) is 14.5 Å². The molecule has 2 heterocycles. The molecule has 1 unspecified atom stereocenters. The molecule has 0 bridgehead atoms. The molecule has 45 heavy (non-hydrogen) atoms. The van der Waals surface area contributed by atoms with Crippen LogP contribution in [-0.4, -0.2) is 65.0 Å². The quantitative estimate of drug-likeness (QED) is 0.119. The molecule has 1 atom stereocenters. The first kappa shape index (κ1) is 37.6. The first-order chi connectivity index (χ1) is 21.6. The number of aliphatic hydroxyl groups is 1. The van der Waals surface area contributed by atoms with Crippen LogP contribution in [0.5, 0.6) is 0 Å². The number of halogens is 2. The number of nitrogens with zero attached hydrogens (tertiary/aromatic N) is 1. The first-order valence-corrected chi connectivity index (χ1v) is 15.9. The maximum absolute atomic E-state index is 12.5. The Kier molecular flexibility index (Phi) is 16.5. The summed E-state index contributed by atoms with van der Waals surface area (Å²) in [6, 6.07) is 15.1. The van der Waals surface area contributed by atoms with Gasteiger partial charge in [0.2, 0.25) is 0 Å². The monoisotopic (exact) mass is 753 g/mol. The Bertz CT molecular complexity index is 1500. The largest absolute Gasteiger partial charge is 0.465 e. The van der Waals surface area contributed by atoms with Gasteiger partial charge in [-0.1, -0.05) is 50.1 Å². The molecule has 0 aliphatic carbocycles. The topological polar surface area (TPSA) is 180 Å². The number of aromatic amines is 1. The van der Waals surface area contributed by atoms with E-state index in [1.165, 1.54) is 4.68 Å². The average molecular weight is 755 g/mol. The van der Waals surface area contributed by atoms with Crippen molar-refractivity contribution in [2.24, 2.45) is 11.7 Å². The van der Waals surface area contributed by atoms with Crippen LogP contribution in [0.4, 0.5) is 0 Å². The maximum Gasteiger partial charge on any atom is 0.375 e. The zero-order valence-electron chi connectivity index (χ0n) is 25.1. The molecule has 4 N–H and O–H groups in total. The lowest BCUT2D eigenvalue weighted by molar-refractivity contribution is -0.164. The highest BCUT2D eigenvalue weighted by molar-refractivity contribution is 9.10. The van der Waals surface area contributed by atoms with Crippen molar-refractivity contribution in [3.63, 3.8) is 0 Å². The Hall–Kier alpha value is -3.59. The predicted molar refractivity (Wildman–Crippen MR) is 173 cm³/mol. The minimum atomic E-state index is -0.956. The molecule has 14 heteroatoms. The summed E-state index contributed by atoms with van der Waals surface area (Å²) in [5, 5.41) is 11.8. The van der Waals surface area contributed by atoms with Gasteiger partial charge in [0.1, 0.15) is 11.6 Å². The van der Waals surface area contributed by atoms with E-state index in [9.17, 15) is 24.0 Å². The summed E-state index contributed by atoms with van der Waals surface area (Å²) in [6.45, 7) is 4.54. The number of hydrogen-bond donors (Lipinski definition) is 3. The minimum Gasteiger partial charge on any atom is -0.465 e. The van der Waals surface area contributed by atoms with Crippen LogP contribution in [0.2, 0.25) is 0 Å². The van der Waals surface area contributed by atoms with E-state index in [0.29, 0.717) is 50.1 Å². The van der Waals surface area contributed by atoms with E-state index in [-0.39, 0.29) is 31.1 Å². The highest BCUT2D eigenvalue weighted by atomic mass is 79.9. The smallest absolute Gasteiger partial charge is 0.375 e. The van der Waals surface area contributed by atoms with Crippen LogP contribution in [0.25, 0.3) is 5.69 Å². The number of carbonyl (C=O) groups excluding carboxylic acids is 4. The molecule has 2 aromatic carbocycles. The molecule has 1 saturated heterocycles. The number of cyclic esters (lactones) is 1. The fourth-order valence-electron chi connectivity index (χ4n) is 4.05. The number of ether oxygens (including phenoxy) is 3. The van der Waals surface area contributed by atoms with Gasteiger partial charge in [0, 0.05) is 22.1 Å². The second kappa shape index (κ2) is 19.7. The van der Waals surface area contributed by atoms with E-state index in [1.54, 1.807) is 32.0 Å². The summed E-state index contributed by atoms with van der Waals surface area (Å²) < 4.78 is 17.4. The van der Waals surface area contributed by atoms with Gasteiger partial charge in [-0.2, -0.15) is 0 Å². The van der Waals surface area contributed by atoms with Gasteiger partial charge in [-0.3, -0.25) is 19.5 Å². The van der Waals surface area contributed by atoms with Crippen LogP contribution in [0.3, 0.4) is 0 Å². The number of rotatable bonds is 10.